The summed E-state index contributed by atoms with van der Waals surface area (Å²) in [6.45, 7) is 4.86. The molecule has 1 heterocycles. The Bertz CT molecular complexity index is 132. The molecule has 1 aliphatic rings. The Balaban J connectivity index is 2.36. The highest BCUT2D eigenvalue weighted by molar-refractivity contribution is 4.81. The van der Waals surface area contributed by atoms with Gasteiger partial charge >= 0.3 is 0 Å². The lowest BCUT2D eigenvalue weighted by atomic mass is 9.90. The van der Waals surface area contributed by atoms with E-state index in [-0.39, 0.29) is 6.61 Å². The van der Waals surface area contributed by atoms with Crippen LogP contribution >= 0.6 is 0 Å². The summed E-state index contributed by atoms with van der Waals surface area (Å²) in [4.78, 5) is 0. The molecule has 2 heteroatoms. The highest BCUT2D eigenvalue weighted by Crippen LogP contribution is 2.25. The first-order valence-corrected chi connectivity index (χ1v) is 4.72. The molecule has 0 aliphatic carbocycles. The minimum Gasteiger partial charge on any atom is -0.396 e. The Kier molecular flexibility index (Phi) is 4.33. The molecule has 1 saturated heterocycles. The fourth-order valence-corrected chi connectivity index (χ4v) is 1.82. The van der Waals surface area contributed by atoms with E-state index in [1.807, 2.05) is 6.08 Å². The second-order valence-electron chi connectivity index (χ2n) is 3.35. The number of aliphatic hydroxyl groups excluding tert-OH is 1. The van der Waals surface area contributed by atoms with E-state index in [9.17, 15) is 0 Å². The van der Waals surface area contributed by atoms with Gasteiger partial charge in [0.05, 0.1) is 6.10 Å². The van der Waals surface area contributed by atoms with Gasteiger partial charge in [0.15, 0.2) is 0 Å². The maximum atomic E-state index is 8.82. The summed E-state index contributed by atoms with van der Waals surface area (Å²) in [6, 6.07) is 0. The first-order valence-electron chi connectivity index (χ1n) is 4.72. The van der Waals surface area contributed by atoms with Crippen LogP contribution in [0, 0.1) is 5.92 Å². The minimum atomic E-state index is 0.279. The molecule has 0 aromatic rings. The van der Waals surface area contributed by atoms with Crippen LogP contribution in [0.3, 0.4) is 0 Å². The van der Waals surface area contributed by atoms with Crippen molar-refractivity contribution in [2.24, 2.45) is 5.92 Å². The zero-order valence-electron chi connectivity index (χ0n) is 7.54. The van der Waals surface area contributed by atoms with E-state index in [0.717, 1.165) is 25.9 Å². The zero-order valence-corrected chi connectivity index (χ0v) is 7.54. The van der Waals surface area contributed by atoms with Gasteiger partial charge in [0.2, 0.25) is 0 Å². The van der Waals surface area contributed by atoms with Crippen LogP contribution in [-0.4, -0.2) is 24.4 Å². The Hall–Kier alpha value is -0.340. The smallest absolute Gasteiger partial charge is 0.0638 e. The molecule has 0 aromatic heterocycles. The molecule has 70 valence electrons. The maximum absolute atomic E-state index is 8.82. The van der Waals surface area contributed by atoms with Gasteiger partial charge < -0.3 is 9.84 Å². The maximum Gasteiger partial charge on any atom is 0.0638 e. The van der Waals surface area contributed by atoms with Crippen LogP contribution in [0.4, 0.5) is 0 Å². The van der Waals surface area contributed by atoms with Gasteiger partial charge in [0, 0.05) is 13.2 Å². The predicted octanol–water partition coefficient (Wildman–Crippen LogP) is 1.74. The summed E-state index contributed by atoms with van der Waals surface area (Å²) in [5.74, 6) is 0.543. The molecule has 1 N–H and O–H groups in total. The third-order valence-electron chi connectivity index (χ3n) is 2.48. The van der Waals surface area contributed by atoms with Crippen LogP contribution in [0.2, 0.25) is 0 Å². The van der Waals surface area contributed by atoms with Crippen LogP contribution in [0.15, 0.2) is 12.7 Å². The predicted molar refractivity (Wildman–Crippen MR) is 49.0 cm³/mol. The van der Waals surface area contributed by atoms with E-state index in [0.29, 0.717) is 12.0 Å². The molecule has 0 spiro atoms. The van der Waals surface area contributed by atoms with Crippen molar-refractivity contribution in [1.82, 2.24) is 0 Å². The molecule has 2 nitrogen and oxygen atoms in total. The summed E-state index contributed by atoms with van der Waals surface area (Å²) >= 11 is 0. The van der Waals surface area contributed by atoms with E-state index >= 15 is 0 Å². The Labute approximate surface area is 74.2 Å². The molecular formula is C10H18O2. The van der Waals surface area contributed by atoms with Gasteiger partial charge in [-0.15, -0.1) is 6.58 Å². The monoisotopic (exact) mass is 170 g/mol. The van der Waals surface area contributed by atoms with Gasteiger partial charge in [-0.05, 0) is 31.6 Å². The number of hydrogen-bond donors (Lipinski definition) is 1. The highest BCUT2D eigenvalue weighted by Gasteiger charge is 2.23. The topological polar surface area (TPSA) is 29.5 Å². The van der Waals surface area contributed by atoms with Crippen LogP contribution in [0.1, 0.15) is 25.7 Å². The van der Waals surface area contributed by atoms with Gasteiger partial charge in [-0.1, -0.05) is 6.08 Å². The van der Waals surface area contributed by atoms with Crippen molar-refractivity contribution in [2.45, 2.75) is 31.8 Å². The molecule has 0 bridgehead atoms. The van der Waals surface area contributed by atoms with E-state index in [1.165, 1.54) is 6.42 Å². The van der Waals surface area contributed by atoms with Crippen LogP contribution in [-0.2, 0) is 4.74 Å². The Morgan fingerprint density at radius 1 is 1.58 bits per heavy atom. The number of ether oxygens (including phenoxy) is 1. The summed E-state index contributed by atoms with van der Waals surface area (Å²) < 4.78 is 5.60. The van der Waals surface area contributed by atoms with E-state index in [4.69, 9.17) is 9.84 Å². The second-order valence-corrected chi connectivity index (χ2v) is 3.35. The van der Waals surface area contributed by atoms with Gasteiger partial charge in [-0.3, -0.25) is 0 Å². The molecular weight excluding hydrogens is 152 g/mol. The third-order valence-corrected chi connectivity index (χ3v) is 2.48. The van der Waals surface area contributed by atoms with Gasteiger partial charge in [0.25, 0.3) is 0 Å². The molecule has 1 fully saturated rings. The lowest BCUT2D eigenvalue weighted by molar-refractivity contribution is -0.0309. The lowest BCUT2D eigenvalue weighted by Crippen LogP contribution is -2.29. The average Bonchev–Trinajstić information content (AvgIpc) is 2.09. The molecule has 0 radical (unpaired) electrons. The molecule has 2 atom stereocenters. The normalized spacial score (nSPS) is 30.1. The van der Waals surface area contributed by atoms with Crippen molar-refractivity contribution in [2.75, 3.05) is 13.2 Å². The van der Waals surface area contributed by atoms with E-state index in [1.54, 1.807) is 0 Å². The standard InChI is InChI=1S/C10H18O2/c1-2-4-10-9(6-7-11)5-3-8-12-10/h2,9-11H,1,3-8H2. The summed E-state index contributed by atoms with van der Waals surface area (Å²) in [5.41, 5.74) is 0. The first-order chi connectivity index (χ1) is 5.88. The summed E-state index contributed by atoms with van der Waals surface area (Å²) in [7, 11) is 0. The molecule has 12 heavy (non-hydrogen) atoms. The Morgan fingerprint density at radius 2 is 2.42 bits per heavy atom. The molecule has 0 aromatic carbocycles. The molecule has 2 unspecified atom stereocenters. The quantitative estimate of drug-likeness (QED) is 0.651. The molecule has 1 rings (SSSR count). The van der Waals surface area contributed by atoms with Gasteiger partial charge in [-0.2, -0.15) is 0 Å². The van der Waals surface area contributed by atoms with E-state index in [2.05, 4.69) is 6.58 Å². The van der Waals surface area contributed by atoms with Crippen LogP contribution in [0.5, 0.6) is 0 Å². The van der Waals surface area contributed by atoms with Crippen molar-refractivity contribution in [3.8, 4) is 0 Å². The number of hydrogen-bond acceptors (Lipinski definition) is 2. The second kappa shape index (κ2) is 5.33. The molecule has 0 amide bonds. The fraction of sp³-hybridized carbons (Fsp3) is 0.800. The van der Waals surface area contributed by atoms with Crippen molar-refractivity contribution >= 4 is 0 Å². The first kappa shape index (κ1) is 9.75. The fourth-order valence-electron chi connectivity index (χ4n) is 1.82. The third kappa shape index (κ3) is 2.61. The summed E-state index contributed by atoms with van der Waals surface area (Å²) in [6.07, 6.45) is 6.34. The van der Waals surface area contributed by atoms with Gasteiger partial charge in [0.1, 0.15) is 0 Å². The SMILES string of the molecule is C=CCC1OCCCC1CCO. The van der Waals surface area contributed by atoms with Crippen molar-refractivity contribution < 1.29 is 9.84 Å². The van der Waals surface area contributed by atoms with Crippen molar-refractivity contribution in [3.05, 3.63) is 12.7 Å². The van der Waals surface area contributed by atoms with Gasteiger partial charge in [-0.25, -0.2) is 0 Å². The highest BCUT2D eigenvalue weighted by atomic mass is 16.5. The molecule has 0 saturated carbocycles. The number of aliphatic hydroxyl groups is 1. The number of rotatable bonds is 4. The summed E-state index contributed by atoms with van der Waals surface area (Å²) in [5, 5.41) is 8.82. The Morgan fingerprint density at radius 3 is 3.08 bits per heavy atom. The van der Waals surface area contributed by atoms with Crippen LogP contribution in [0.25, 0.3) is 0 Å². The largest absolute Gasteiger partial charge is 0.396 e. The lowest BCUT2D eigenvalue weighted by Gasteiger charge is -2.30. The zero-order chi connectivity index (χ0) is 8.81. The minimum absolute atomic E-state index is 0.279. The van der Waals surface area contributed by atoms with Crippen molar-refractivity contribution in [1.29, 1.82) is 0 Å². The van der Waals surface area contributed by atoms with Crippen LogP contribution < -0.4 is 0 Å². The van der Waals surface area contributed by atoms with Crippen molar-refractivity contribution in [3.63, 3.8) is 0 Å². The van der Waals surface area contributed by atoms with E-state index < -0.39 is 0 Å². The molecule has 1 aliphatic heterocycles. The average molecular weight is 170 g/mol.